The number of rotatable bonds is 8. The molecule has 0 radical (unpaired) electrons. The molecule has 4 N–H and O–H groups in total. The Bertz CT molecular complexity index is 639. The van der Waals surface area contributed by atoms with Gasteiger partial charge in [-0.1, -0.05) is 43.0 Å². The van der Waals surface area contributed by atoms with E-state index in [1.165, 1.54) is 11.8 Å². The molecule has 1 unspecified atom stereocenters. The summed E-state index contributed by atoms with van der Waals surface area (Å²) in [4.78, 5) is 2.41. The molecule has 0 aliphatic rings. The molecule has 8 heteroatoms. The second kappa shape index (κ2) is 8.21. The van der Waals surface area contributed by atoms with E-state index < -0.39 is 10.0 Å². The monoisotopic (exact) mass is 342 g/mol. The molecule has 1 atom stereocenters. The van der Waals surface area contributed by atoms with Crippen LogP contribution in [0.3, 0.4) is 0 Å². The molecule has 1 aromatic carbocycles. The third kappa shape index (κ3) is 5.70. The van der Waals surface area contributed by atoms with E-state index in [1.54, 1.807) is 31.2 Å². The van der Waals surface area contributed by atoms with Crippen LogP contribution in [0.4, 0.5) is 0 Å². The largest absolute Gasteiger partial charge is 0.394 e. The molecular formula is C14H22N4O2S2. The van der Waals surface area contributed by atoms with Gasteiger partial charge in [0.2, 0.25) is 0 Å². The number of sulfonamides is 1. The normalized spacial score (nSPS) is 13.7. The summed E-state index contributed by atoms with van der Waals surface area (Å²) < 4.78 is 24.3. The number of nitrogens with zero attached hydrogens (tertiary/aromatic N) is 1. The van der Waals surface area contributed by atoms with Crippen LogP contribution in [0.5, 0.6) is 0 Å². The van der Waals surface area contributed by atoms with Crippen LogP contribution in [-0.2, 0) is 10.0 Å². The summed E-state index contributed by atoms with van der Waals surface area (Å²) in [5.41, 5.74) is 7.14. The molecule has 0 aromatic heterocycles. The van der Waals surface area contributed by atoms with Crippen LogP contribution >= 0.6 is 11.8 Å². The maximum absolute atomic E-state index is 12.2. The van der Waals surface area contributed by atoms with Crippen molar-refractivity contribution >= 4 is 27.5 Å². The summed E-state index contributed by atoms with van der Waals surface area (Å²) in [5, 5.41) is 7.32. The minimum absolute atomic E-state index is 0.172. The highest BCUT2D eigenvalue weighted by molar-refractivity contribution is 8.04. The Morgan fingerprint density at radius 3 is 2.50 bits per heavy atom. The lowest BCUT2D eigenvalue weighted by atomic mass is 10.2. The van der Waals surface area contributed by atoms with Crippen molar-refractivity contribution < 1.29 is 8.42 Å². The Morgan fingerprint density at radius 2 is 2.00 bits per heavy atom. The second-order valence-corrected chi connectivity index (χ2v) is 7.58. The molecule has 1 rings (SSSR count). The van der Waals surface area contributed by atoms with Gasteiger partial charge in [0.05, 0.1) is 21.0 Å². The van der Waals surface area contributed by atoms with Gasteiger partial charge in [-0.2, -0.15) is 13.5 Å². The van der Waals surface area contributed by atoms with Crippen molar-refractivity contribution in [3.8, 4) is 0 Å². The van der Waals surface area contributed by atoms with E-state index in [0.29, 0.717) is 17.3 Å². The fraction of sp³-hybridized carbons (Fsp3) is 0.357. The van der Waals surface area contributed by atoms with Gasteiger partial charge in [-0.15, -0.1) is 0 Å². The summed E-state index contributed by atoms with van der Waals surface area (Å²) in [6, 6.07) is 6.56. The third-order valence-corrected chi connectivity index (χ3v) is 4.98. The molecule has 0 spiro atoms. The van der Waals surface area contributed by atoms with Crippen molar-refractivity contribution in [3.63, 3.8) is 0 Å². The van der Waals surface area contributed by atoms with Gasteiger partial charge in [0.1, 0.15) is 0 Å². The van der Waals surface area contributed by atoms with Crippen LogP contribution < -0.4 is 15.9 Å². The lowest BCUT2D eigenvalue weighted by Crippen LogP contribution is -2.34. The number of nitrogens with one attached hydrogen (secondary N) is 2. The number of thioether (sulfide) groups is 1. The summed E-state index contributed by atoms with van der Waals surface area (Å²) in [6.07, 6.45) is 0. The van der Waals surface area contributed by atoms with Gasteiger partial charge in [0, 0.05) is 0 Å². The standard InChI is InChI=1S/C14H22N4O2S2/c1-5-16-14(21-12(4)15)11(3)17-18-22(19,20)13-8-6-10(2)7-9-13/h6-9,14,16,18H,4-5,15H2,1-3H3/b17-11+. The smallest absolute Gasteiger partial charge is 0.276 e. The summed E-state index contributed by atoms with van der Waals surface area (Å²) >= 11 is 1.29. The van der Waals surface area contributed by atoms with Crippen molar-refractivity contribution in [2.45, 2.75) is 31.0 Å². The van der Waals surface area contributed by atoms with Gasteiger partial charge >= 0.3 is 0 Å². The van der Waals surface area contributed by atoms with Crippen molar-refractivity contribution in [3.05, 3.63) is 41.4 Å². The first-order chi connectivity index (χ1) is 10.3. The Hall–Kier alpha value is -1.51. The fourth-order valence-electron chi connectivity index (χ4n) is 1.57. The maximum atomic E-state index is 12.2. The third-order valence-electron chi connectivity index (χ3n) is 2.71. The van der Waals surface area contributed by atoms with E-state index in [4.69, 9.17) is 5.73 Å². The molecule has 22 heavy (non-hydrogen) atoms. The Labute approximate surface area is 136 Å². The van der Waals surface area contributed by atoms with Crippen LogP contribution in [0.15, 0.2) is 45.9 Å². The minimum atomic E-state index is -3.68. The first-order valence-electron chi connectivity index (χ1n) is 6.73. The molecule has 122 valence electrons. The zero-order chi connectivity index (χ0) is 16.8. The second-order valence-electron chi connectivity index (χ2n) is 4.68. The van der Waals surface area contributed by atoms with Gasteiger partial charge in [-0.3, -0.25) is 0 Å². The molecule has 0 bridgehead atoms. The molecule has 0 aliphatic carbocycles. The molecule has 0 fully saturated rings. The zero-order valence-electron chi connectivity index (χ0n) is 13.0. The SMILES string of the molecule is C=C(N)SC(NCC)/C(C)=N/NS(=O)(=O)c1ccc(C)cc1. The van der Waals surface area contributed by atoms with Crippen molar-refractivity contribution in [2.24, 2.45) is 10.8 Å². The lowest BCUT2D eigenvalue weighted by Gasteiger charge is -2.17. The highest BCUT2D eigenvalue weighted by Crippen LogP contribution is 2.15. The molecular weight excluding hydrogens is 320 g/mol. The fourth-order valence-corrected chi connectivity index (χ4v) is 3.21. The predicted octanol–water partition coefficient (Wildman–Crippen LogP) is 1.75. The van der Waals surface area contributed by atoms with Gasteiger partial charge in [-0.05, 0) is 32.5 Å². The average Bonchev–Trinajstić information content (AvgIpc) is 2.44. The first-order valence-corrected chi connectivity index (χ1v) is 9.09. The number of nitrogens with two attached hydrogens (primary N) is 1. The van der Waals surface area contributed by atoms with Gasteiger partial charge in [0.15, 0.2) is 0 Å². The van der Waals surface area contributed by atoms with Crippen LogP contribution in [0.25, 0.3) is 0 Å². The van der Waals surface area contributed by atoms with E-state index in [0.717, 1.165) is 5.56 Å². The van der Waals surface area contributed by atoms with E-state index in [1.807, 2.05) is 13.8 Å². The van der Waals surface area contributed by atoms with Crippen LogP contribution in [0, 0.1) is 6.92 Å². The van der Waals surface area contributed by atoms with Crippen LogP contribution in [-0.4, -0.2) is 26.0 Å². The van der Waals surface area contributed by atoms with Gasteiger partial charge in [0.25, 0.3) is 10.0 Å². The summed E-state index contributed by atoms with van der Waals surface area (Å²) in [7, 11) is -3.68. The highest BCUT2D eigenvalue weighted by Gasteiger charge is 2.16. The highest BCUT2D eigenvalue weighted by atomic mass is 32.2. The van der Waals surface area contributed by atoms with E-state index in [-0.39, 0.29) is 10.3 Å². The Morgan fingerprint density at radius 1 is 1.41 bits per heavy atom. The van der Waals surface area contributed by atoms with E-state index in [9.17, 15) is 8.42 Å². The summed E-state index contributed by atoms with van der Waals surface area (Å²) in [5.74, 6) is 0. The number of hydrogen-bond acceptors (Lipinski definition) is 6. The van der Waals surface area contributed by atoms with Crippen LogP contribution in [0.1, 0.15) is 19.4 Å². The van der Waals surface area contributed by atoms with Crippen LogP contribution in [0.2, 0.25) is 0 Å². The van der Waals surface area contributed by atoms with Crippen molar-refractivity contribution in [1.29, 1.82) is 0 Å². The molecule has 6 nitrogen and oxygen atoms in total. The van der Waals surface area contributed by atoms with Crippen molar-refractivity contribution in [1.82, 2.24) is 10.1 Å². The number of aryl methyl sites for hydroxylation is 1. The average molecular weight is 342 g/mol. The molecule has 0 aliphatic heterocycles. The van der Waals surface area contributed by atoms with E-state index in [2.05, 4.69) is 21.8 Å². The van der Waals surface area contributed by atoms with Crippen molar-refractivity contribution in [2.75, 3.05) is 6.54 Å². The molecule has 0 saturated heterocycles. The topological polar surface area (TPSA) is 96.6 Å². The van der Waals surface area contributed by atoms with Gasteiger partial charge < -0.3 is 11.1 Å². The predicted molar refractivity (Wildman–Crippen MR) is 93.0 cm³/mol. The van der Waals surface area contributed by atoms with Gasteiger partial charge in [-0.25, -0.2) is 4.83 Å². The molecule has 1 aromatic rings. The lowest BCUT2D eigenvalue weighted by molar-refractivity contribution is 0.584. The Kier molecular flexibility index (Phi) is 6.92. The summed E-state index contributed by atoms with van der Waals surface area (Å²) in [6.45, 7) is 9.89. The van der Waals surface area contributed by atoms with E-state index >= 15 is 0 Å². The number of hydrazone groups is 1. The maximum Gasteiger partial charge on any atom is 0.276 e. The number of hydrogen-bond donors (Lipinski definition) is 3. The number of benzene rings is 1. The zero-order valence-corrected chi connectivity index (χ0v) is 14.6. The molecule has 0 amide bonds. The Balaban J connectivity index is 2.87. The quantitative estimate of drug-likeness (QED) is 0.380. The molecule has 0 heterocycles. The molecule has 0 saturated carbocycles. The minimum Gasteiger partial charge on any atom is -0.394 e. The first kappa shape index (κ1) is 18.5.